The molecule has 78 valence electrons. The minimum absolute atomic E-state index is 0.836. The number of aryl methyl sites for hydroxylation is 2. The molecule has 0 aliphatic heterocycles. The van der Waals surface area contributed by atoms with E-state index in [1.807, 2.05) is 0 Å². The van der Waals surface area contributed by atoms with Gasteiger partial charge in [0.2, 0.25) is 0 Å². The van der Waals surface area contributed by atoms with Gasteiger partial charge in [-0.25, -0.2) is 0 Å². The van der Waals surface area contributed by atoms with Gasteiger partial charge in [0.05, 0.1) is 0 Å². The number of hydrogen-bond donors (Lipinski definition) is 0. The Kier molecular flexibility index (Phi) is 5.20. The standard InChI is InChI=1S/C12H17BrO/c1-3-10-6-4-7-11(12(10)13)8-5-9-14-2/h4,6-7H,3,5,8-9H2,1-2H3. The molecule has 0 atom stereocenters. The molecule has 0 bridgehead atoms. The summed E-state index contributed by atoms with van der Waals surface area (Å²) in [7, 11) is 1.75. The Morgan fingerprint density at radius 2 is 2.00 bits per heavy atom. The van der Waals surface area contributed by atoms with Crippen LogP contribution in [0.25, 0.3) is 0 Å². The van der Waals surface area contributed by atoms with E-state index in [4.69, 9.17) is 4.74 Å². The van der Waals surface area contributed by atoms with Crippen LogP contribution in [-0.2, 0) is 17.6 Å². The minimum Gasteiger partial charge on any atom is -0.385 e. The van der Waals surface area contributed by atoms with Gasteiger partial charge in [-0.2, -0.15) is 0 Å². The molecule has 1 aromatic rings. The first kappa shape index (κ1) is 11.7. The van der Waals surface area contributed by atoms with Gasteiger partial charge in [-0.3, -0.25) is 0 Å². The van der Waals surface area contributed by atoms with Crippen LogP contribution in [0.3, 0.4) is 0 Å². The maximum absolute atomic E-state index is 5.04. The minimum atomic E-state index is 0.836. The van der Waals surface area contributed by atoms with Crippen LogP contribution in [0.5, 0.6) is 0 Å². The normalized spacial score (nSPS) is 10.5. The fourth-order valence-corrected chi connectivity index (χ4v) is 2.25. The number of ether oxygens (including phenoxy) is 1. The molecule has 1 aromatic carbocycles. The molecule has 0 N–H and O–H groups in total. The zero-order chi connectivity index (χ0) is 10.4. The maximum atomic E-state index is 5.04. The van der Waals surface area contributed by atoms with Gasteiger partial charge in [0.1, 0.15) is 0 Å². The highest BCUT2D eigenvalue weighted by Crippen LogP contribution is 2.23. The highest BCUT2D eigenvalue weighted by atomic mass is 79.9. The second kappa shape index (κ2) is 6.20. The molecule has 2 heteroatoms. The van der Waals surface area contributed by atoms with Gasteiger partial charge in [-0.1, -0.05) is 41.1 Å². The zero-order valence-corrected chi connectivity index (χ0v) is 10.4. The van der Waals surface area contributed by atoms with Crippen LogP contribution in [-0.4, -0.2) is 13.7 Å². The Balaban J connectivity index is 2.66. The average molecular weight is 257 g/mol. The number of halogens is 1. The summed E-state index contributed by atoms with van der Waals surface area (Å²) in [6.45, 7) is 3.02. The molecule has 1 rings (SSSR count). The van der Waals surface area contributed by atoms with Crippen LogP contribution in [0.1, 0.15) is 24.5 Å². The largest absolute Gasteiger partial charge is 0.385 e. The van der Waals surface area contributed by atoms with Crippen molar-refractivity contribution in [3.63, 3.8) is 0 Å². The van der Waals surface area contributed by atoms with Crippen LogP contribution in [0, 0.1) is 0 Å². The van der Waals surface area contributed by atoms with Gasteiger partial charge in [0.25, 0.3) is 0 Å². The number of rotatable bonds is 5. The molecule has 14 heavy (non-hydrogen) atoms. The Morgan fingerprint density at radius 3 is 2.64 bits per heavy atom. The highest BCUT2D eigenvalue weighted by molar-refractivity contribution is 9.10. The third kappa shape index (κ3) is 3.10. The van der Waals surface area contributed by atoms with E-state index in [1.165, 1.54) is 15.6 Å². The predicted octanol–water partition coefficient (Wildman–Crippen LogP) is 3.59. The van der Waals surface area contributed by atoms with Crippen molar-refractivity contribution < 1.29 is 4.74 Å². The molecule has 0 unspecified atom stereocenters. The first-order chi connectivity index (χ1) is 6.79. The van der Waals surface area contributed by atoms with Crippen molar-refractivity contribution in [3.05, 3.63) is 33.8 Å². The van der Waals surface area contributed by atoms with E-state index in [9.17, 15) is 0 Å². The second-order valence-corrected chi connectivity index (χ2v) is 4.13. The summed E-state index contributed by atoms with van der Waals surface area (Å²) in [5.41, 5.74) is 2.78. The smallest absolute Gasteiger partial charge is 0.0465 e. The Hall–Kier alpha value is -0.340. The second-order valence-electron chi connectivity index (χ2n) is 3.34. The lowest BCUT2D eigenvalue weighted by Crippen LogP contribution is -1.95. The van der Waals surface area contributed by atoms with E-state index in [2.05, 4.69) is 41.1 Å². The lowest BCUT2D eigenvalue weighted by molar-refractivity contribution is 0.195. The van der Waals surface area contributed by atoms with E-state index < -0.39 is 0 Å². The summed E-state index contributed by atoms with van der Waals surface area (Å²) in [6.07, 6.45) is 3.25. The monoisotopic (exact) mass is 256 g/mol. The number of benzene rings is 1. The summed E-state index contributed by atoms with van der Waals surface area (Å²) < 4.78 is 6.32. The van der Waals surface area contributed by atoms with Crippen molar-refractivity contribution in [3.8, 4) is 0 Å². The van der Waals surface area contributed by atoms with E-state index in [-0.39, 0.29) is 0 Å². The zero-order valence-electron chi connectivity index (χ0n) is 8.85. The molecule has 0 fully saturated rings. The summed E-state index contributed by atoms with van der Waals surface area (Å²) in [4.78, 5) is 0. The third-order valence-corrected chi connectivity index (χ3v) is 3.35. The van der Waals surface area contributed by atoms with Gasteiger partial charge in [-0.05, 0) is 30.4 Å². The molecule has 0 saturated carbocycles. The van der Waals surface area contributed by atoms with Crippen LogP contribution in [0.4, 0.5) is 0 Å². The number of hydrogen-bond acceptors (Lipinski definition) is 1. The Bertz CT molecular complexity index is 284. The van der Waals surface area contributed by atoms with Crippen molar-refractivity contribution >= 4 is 15.9 Å². The topological polar surface area (TPSA) is 9.23 Å². The maximum Gasteiger partial charge on any atom is 0.0465 e. The molecular weight excluding hydrogens is 240 g/mol. The van der Waals surface area contributed by atoms with Crippen LogP contribution in [0.15, 0.2) is 22.7 Å². The SMILES string of the molecule is CCc1cccc(CCCOC)c1Br. The van der Waals surface area contributed by atoms with Crippen LogP contribution in [0.2, 0.25) is 0 Å². The van der Waals surface area contributed by atoms with Crippen LogP contribution >= 0.6 is 15.9 Å². The predicted molar refractivity (Wildman–Crippen MR) is 63.7 cm³/mol. The summed E-state index contributed by atoms with van der Waals surface area (Å²) in [6, 6.07) is 6.48. The molecule has 0 amide bonds. The van der Waals surface area contributed by atoms with Gasteiger partial charge in [0.15, 0.2) is 0 Å². The Labute approximate surface area is 94.6 Å². The lowest BCUT2D eigenvalue weighted by Gasteiger charge is -2.07. The molecule has 0 saturated heterocycles. The molecule has 1 nitrogen and oxygen atoms in total. The van der Waals surface area contributed by atoms with Gasteiger partial charge < -0.3 is 4.74 Å². The molecule has 0 aromatic heterocycles. The quantitative estimate of drug-likeness (QED) is 0.732. The molecule has 0 spiro atoms. The fraction of sp³-hybridized carbons (Fsp3) is 0.500. The molecule has 0 radical (unpaired) electrons. The van der Waals surface area contributed by atoms with Gasteiger partial charge in [0, 0.05) is 18.2 Å². The summed E-state index contributed by atoms with van der Waals surface area (Å²) in [5.74, 6) is 0. The van der Waals surface area contributed by atoms with E-state index in [1.54, 1.807) is 7.11 Å². The first-order valence-electron chi connectivity index (χ1n) is 5.04. The first-order valence-corrected chi connectivity index (χ1v) is 5.84. The van der Waals surface area contributed by atoms with Crippen molar-refractivity contribution in [2.75, 3.05) is 13.7 Å². The molecule has 0 heterocycles. The van der Waals surface area contributed by atoms with Gasteiger partial charge >= 0.3 is 0 Å². The molecule has 0 aliphatic carbocycles. The summed E-state index contributed by atoms with van der Waals surface area (Å²) >= 11 is 3.65. The third-order valence-electron chi connectivity index (χ3n) is 2.33. The van der Waals surface area contributed by atoms with Gasteiger partial charge in [-0.15, -0.1) is 0 Å². The van der Waals surface area contributed by atoms with Crippen LogP contribution < -0.4 is 0 Å². The lowest BCUT2D eigenvalue weighted by atomic mass is 10.1. The van der Waals surface area contributed by atoms with Crippen molar-refractivity contribution in [2.45, 2.75) is 26.2 Å². The highest BCUT2D eigenvalue weighted by Gasteiger charge is 2.03. The summed E-state index contributed by atoms with van der Waals surface area (Å²) in [5, 5.41) is 0. The number of methoxy groups -OCH3 is 1. The van der Waals surface area contributed by atoms with E-state index >= 15 is 0 Å². The molecule has 0 aliphatic rings. The average Bonchev–Trinajstić information content (AvgIpc) is 2.21. The van der Waals surface area contributed by atoms with E-state index in [0.717, 1.165) is 25.9 Å². The van der Waals surface area contributed by atoms with Crippen molar-refractivity contribution in [1.29, 1.82) is 0 Å². The van der Waals surface area contributed by atoms with Crippen molar-refractivity contribution in [1.82, 2.24) is 0 Å². The van der Waals surface area contributed by atoms with Crippen molar-refractivity contribution in [2.24, 2.45) is 0 Å². The Morgan fingerprint density at radius 1 is 1.29 bits per heavy atom. The molecular formula is C12H17BrO. The van der Waals surface area contributed by atoms with E-state index in [0.29, 0.717) is 0 Å². The fourth-order valence-electron chi connectivity index (χ4n) is 1.51.